The third-order valence-corrected chi connectivity index (χ3v) is 4.96. The lowest BCUT2D eigenvalue weighted by molar-refractivity contribution is -0.133. The summed E-state index contributed by atoms with van der Waals surface area (Å²) in [5, 5.41) is 0. The number of benzene rings is 2. The van der Waals surface area contributed by atoms with E-state index in [1.807, 2.05) is 23.1 Å². The Kier molecular flexibility index (Phi) is 5.19. The van der Waals surface area contributed by atoms with Gasteiger partial charge in [-0.1, -0.05) is 55.5 Å². The van der Waals surface area contributed by atoms with Gasteiger partial charge < -0.3 is 9.80 Å². The molecule has 0 radical (unpaired) electrons. The molecule has 0 N–H and O–H groups in total. The van der Waals surface area contributed by atoms with Gasteiger partial charge in [-0.2, -0.15) is 0 Å². The zero-order valence-corrected chi connectivity index (χ0v) is 14.6. The molecule has 0 bridgehead atoms. The van der Waals surface area contributed by atoms with Crippen molar-refractivity contribution in [3.63, 3.8) is 0 Å². The predicted molar refractivity (Wildman–Crippen MR) is 99.4 cm³/mol. The summed E-state index contributed by atoms with van der Waals surface area (Å²) in [5.41, 5.74) is 3.72. The highest BCUT2D eigenvalue weighted by atomic mass is 16.2. The van der Waals surface area contributed by atoms with Crippen molar-refractivity contribution in [3.8, 4) is 0 Å². The van der Waals surface area contributed by atoms with Crippen LogP contribution in [0.3, 0.4) is 0 Å². The van der Waals surface area contributed by atoms with Gasteiger partial charge in [0.05, 0.1) is 5.92 Å². The van der Waals surface area contributed by atoms with Crippen LogP contribution >= 0.6 is 0 Å². The van der Waals surface area contributed by atoms with Crippen LogP contribution in [-0.4, -0.2) is 37.0 Å². The highest BCUT2D eigenvalue weighted by Gasteiger charge is 2.27. The first-order valence-corrected chi connectivity index (χ1v) is 8.85. The Balaban J connectivity index is 1.66. The molecule has 1 aliphatic heterocycles. The van der Waals surface area contributed by atoms with Crippen LogP contribution in [0.15, 0.2) is 54.6 Å². The van der Waals surface area contributed by atoms with Crippen LogP contribution in [0.5, 0.6) is 0 Å². The van der Waals surface area contributed by atoms with Gasteiger partial charge in [-0.05, 0) is 30.5 Å². The molecule has 1 aliphatic rings. The molecule has 1 fully saturated rings. The number of piperazine rings is 1. The zero-order valence-electron chi connectivity index (χ0n) is 14.6. The van der Waals surface area contributed by atoms with Crippen molar-refractivity contribution in [2.24, 2.45) is 0 Å². The molecule has 3 heteroatoms. The van der Waals surface area contributed by atoms with Crippen LogP contribution in [0.1, 0.15) is 30.4 Å². The molecule has 24 heavy (non-hydrogen) atoms. The molecular formula is C21H26N2O. The molecule has 3 rings (SSSR count). The summed E-state index contributed by atoms with van der Waals surface area (Å²) in [6.07, 6.45) is 0.848. The molecular weight excluding hydrogens is 296 g/mol. The Bertz CT molecular complexity index is 675. The van der Waals surface area contributed by atoms with Gasteiger partial charge in [-0.3, -0.25) is 4.79 Å². The SMILES string of the molecule is CCC(C(=O)N1CCN(c2ccccc2C)CC1)c1ccccc1. The van der Waals surface area contributed by atoms with Crippen molar-refractivity contribution in [1.29, 1.82) is 0 Å². The average molecular weight is 322 g/mol. The van der Waals surface area contributed by atoms with Crippen LogP contribution in [0.25, 0.3) is 0 Å². The number of carbonyl (C=O) groups is 1. The van der Waals surface area contributed by atoms with E-state index in [2.05, 4.69) is 55.1 Å². The second-order valence-electron chi connectivity index (χ2n) is 6.47. The van der Waals surface area contributed by atoms with Gasteiger partial charge in [0.2, 0.25) is 5.91 Å². The molecule has 1 heterocycles. The molecule has 1 atom stereocenters. The van der Waals surface area contributed by atoms with Gasteiger partial charge in [-0.25, -0.2) is 0 Å². The van der Waals surface area contributed by atoms with Crippen LogP contribution in [0.4, 0.5) is 5.69 Å². The molecule has 0 spiro atoms. The number of carbonyl (C=O) groups excluding carboxylic acids is 1. The standard InChI is InChI=1S/C21H26N2O/c1-3-19(18-10-5-4-6-11-18)21(24)23-15-13-22(14-16-23)20-12-8-7-9-17(20)2/h4-12,19H,3,13-16H2,1-2H3. The maximum atomic E-state index is 12.9. The lowest BCUT2D eigenvalue weighted by atomic mass is 9.94. The third kappa shape index (κ3) is 3.45. The molecule has 1 amide bonds. The quantitative estimate of drug-likeness (QED) is 0.854. The van der Waals surface area contributed by atoms with Crippen LogP contribution in [-0.2, 0) is 4.79 Å². The number of anilines is 1. The minimum Gasteiger partial charge on any atom is -0.368 e. The second-order valence-corrected chi connectivity index (χ2v) is 6.47. The fourth-order valence-electron chi connectivity index (χ4n) is 3.54. The molecule has 0 aliphatic carbocycles. The first-order chi connectivity index (χ1) is 11.7. The van der Waals surface area contributed by atoms with Crippen molar-refractivity contribution in [1.82, 2.24) is 4.90 Å². The first-order valence-electron chi connectivity index (χ1n) is 8.85. The molecule has 2 aromatic carbocycles. The van der Waals surface area contributed by atoms with E-state index in [0.717, 1.165) is 38.2 Å². The van der Waals surface area contributed by atoms with E-state index >= 15 is 0 Å². The fourth-order valence-corrected chi connectivity index (χ4v) is 3.54. The smallest absolute Gasteiger partial charge is 0.230 e. The van der Waals surface area contributed by atoms with E-state index in [4.69, 9.17) is 0 Å². The normalized spacial score (nSPS) is 16.1. The highest BCUT2D eigenvalue weighted by Crippen LogP contribution is 2.25. The minimum absolute atomic E-state index is 0.0174. The number of nitrogens with zero attached hydrogens (tertiary/aromatic N) is 2. The van der Waals surface area contributed by atoms with Crippen molar-refractivity contribution >= 4 is 11.6 Å². The summed E-state index contributed by atoms with van der Waals surface area (Å²) in [4.78, 5) is 17.4. The Morgan fingerprint density at radius 2 is 1.58 bits per heavy atom. The minimum atomic E-state index is -0.0174. The summed E-state index contributed by atoms with van der Waals surface area (Å²) in [6, 6.07) is 18.6. The molecule has 3 nitrogen and oxygen atoms in total. The molecule has 1 unspecified atom stereocenters. The second kappa shape index (κ2) is 7.52. The Labute approximate surface area is 144 Å². The first kappa shape index (κ1) is 16.6. The molecule has 0 saturated carbocycles. The van der Waals surface area contributed by atoms with Crippen LogP contribution in [0, 0.1) is 6.92 Å². The van der Waals surface area contributed by atoms with Crippen LogP contribution < -0.4 is 4.90 Å². The monoisotopic (exact) mass is 322 g/mol. The fraction of sp³-hybridized carbons (Fsp3) is 0.381. The molecule has 0 aromatic heterocycles. The summed E-state index contributed by atoms with van der Waals surface area (Å²) >= 11 is 0. The van der Waals surface area contributed by atoms with E-state index in [-0.39, 0.29) is 11.8 Å². The number of amides is 1. The Morgan fingerprint density at radius 3 is 2.21 bits per heavy atom. The van der Waals surface area contributed by atoms with Crippen molar-refractivity contribution in [3.05, 3.63) is 65.7 Å². The van der Waals surface area contributed by atoms with Gasteiger partial charge >= 0.3 is 0 Å². The van der Waals surface area contributed by atoms with E-state index in [1.165, 1.54) is 11.3 Å². The maximum Gasteiger partial charge on any atom is 0.230 e. The van der Waals surface area contributed by atoms with Crippen molar-refractivity contribution in [2.45, 2.75) is 26.2 Å². The van der Waals surface area contributed by atoms with E-state index in [9.17, 15) is 4.79 Å². The highest BCUT2D eigenvalue weighted by molar-refractivity contribution is 5.84. The van der Waals surface area contributed by atoms with Gasteiger partial charge in [0.15, 0.2) is 0 Å². The van der Waals surface area contributed by atoms with E-state index in [0.29, 0.717) is 0 Å². The van der Waals surface area contributed by atoms with Crippen molar-refractivity contribution < 1.29 is 4.79 Å². The number of para-hydroxylation sites is 1. The van der Waals surface area contributed by atoms with E-state index in [1.54, 1.807) is 0 Å². The summed E-state index contributed by atoms with van der Waals surface area (Å²) in [5.74, 6) is 0.254. The largest absolute Gasteiger partial charge is 0.368 e. The zero-order chi connectivity index (χ0) is 16.9. The molecule has 2 aromatic rings. The molecule has 126 valence electrons. The number of hydrogen-bond acceptors (Lipinski definition) is 2. The summed E-state index contributed by atoms with van der Waals surface area (Å²) < 4.78 is 0. The summed E-state index contributed by atoms with van der Waals surface area (Å²) in [6.45, 7) is 7.66. The average Bonchev–Trinajstić information content (AvgIpc) is 2.64. The Hall–Kier alpha value is -2.29. The predicted octanol–water partition coefficient (Wildman–Crippen LogP) is 3.84. The van der Waals surface area contributed by atoms with Gasteiger partial charge in [0.1, 0.15) is 0 Å². The van der Waals surface area contributed by atoms with Gasteiger partial charge in [0.25, 0.3) is 0 Å². The van der Waals surface area contributed by atoms with Crippen LogP contribution in [0.2, 0.25) is 0 Å². The summed E-state index contributed by atoms with van der Waals surface area (Å²) in [7, 11) is 0. The third-order valence-electron chi connectivity index (χ3n) is 4.96. The van der Waals surface area contributed by atoms with Crippen molar-refractivity contribution in [2.75, 3.05) is 31.1 Å². The van der Waals surface area contributed by atoms with E-state index < -0.39 is 0 Å². The van der Waals surface area contributed by atoms with Gasteiger partial charge in [-0.15, -0.1) is 0 Å². The topological polar surface area (TPSA) is 23.6 Å². The lowest BCUT2D eigenvalue weighted by Gasteiger charge is -2.38. The Morgan fingerprint density at radius 1 is 0.958 bits per heavy atom. The van der Waals surface area contributed by atoms with Gasteiger partial charge in [0, 0.05) is 31.9 Å². The number of rotatable bonds is 4. The number of aryl methyl sites for hydroxylation is 1. The maximum absolute atomic E-state index is 12.9. The molecule has 1 saturated heterocycles. The number of hydrogen-bond donors (Lipinski definition) is 0. The lowest BCUT2D eigenvalue weighted by Crippen LogP contribution is -2.50.